The van der Waals surface area contributed by atoms with Crippen molar-refractivity contribution in [3.05, 3.63) is 23.3 Å². The molecule has 0 aliphatic rings. The Hall–Kier alpha value is -2.36. The number of hydrogen-bond donors (Lipinski definition) is 0. The fourth-order valence-electron chi connectivity index (χ4n) is 1.59. The SMILES string of the molecule is CCOC(=O)Cc1cc(OC)cc(C#N)c1OC(F)F. The van der Waals surface area contributed by atoms with E-state index >= 15 is 0 Å². The quantitative estimate of drug-likeness (QED) is 0.750. The molecule has 1 rings (SSSR count). The van der Waals surface area contributed by atoms with Crippen LogP contribution in [0.1, 0.15) is 18.1 Å². The van der Waals surface area contributed by atoms with Gasteiger partial charge in [-0.25, -0.2) is 0 Å². The summed E-state index contributed by atoms with van der Waals surface area (Å²) in [5, 5.41) is 8.97. The van der Waals surface area contributed by atoms with E-state index in [4.69, 9.17) is 14.7 Å². The van der Waals surface area contributed by atoms with Crippen molar-refractivity contribution in [3.8, 4) is 17.6 Å². The minimum Gasteiger partial charge on any atom is -0.497 e. The molecule has 1 aromatic carbocycles. The zero-order valence-corrected chi connectivity index (χ0v) is 11.0. The van der Waals surface area contributed by atoms with Gasteiger partial charge >= 0.3 is 12.6 Å². The monoisotopic (exact) mass is 285 g/mol. The van der Waals surface area contributed by atoms with Crippen molar-refractivity contribution in [2.45, 2.75) is 20.0 Å². The standard InChI is InChI=1S/C13H13F2NO4/c1-3-19-11(17)6-8-4-10(18-2)5-9(7-16)12(8)20-13(14)15/h4-5,13H,3,6H2,1-2H3. The van der Waals surface area contributed by atoms with Crippen molar-refractivity contribution >= 4 is 5.97 Å². The summed E-state index contributed by atoms with van der Waals surface area (Å²) in [6.07, 6.45) is -0.290. The van der Waals surface area contributed by atoms with Gasteiger partial charge in [-0.2, -0.15) is 14.0 Å². The molecule has 0 saturated carbocycles. The third-order valence-electron chi connectivity index (χ3n) is 2.34. The van der Waals surface area contributed by atoms with Crippen molar-refractivity contribution < 1.29 is 27.8 Å². The molecule has 1 aromatic rings. The van der Waals surface area contributed by atoms with Crippen LogP contribution >= 0.6 is 0 Å². The van der Waals surface area contributed by atoms with E-state index in [9.17, 15) is 13.6 Å². The van der Waals surface area contributed by atoms with Gasteiger partial charge in [-0.3, -0.25) is 4.79 Å². The fourth-order valence-corrected chi connectivity index (χ4v) is 1.59. The van der Waals surface area contributed by atoms with E-state index in [-0.39, 0.29) is 35.7 Å². The molecule has 0 unspecified atom stereocenters. The highest BCUT2D eigenvalue weighted by atomic mass is 19.3. The van der Waals surface area contributed by atoms with Crippen molar-refractivity contribution in [3.63, 3.8) is 0 Å². The predicted molar refractivity (Wildman–Crippen MR) is 64.7 cm³/mol. The van der Waals surface area contributed by atoms with Crippen LogP contribution in [0.4, 0.5) is 8.78 Å². The van der Waals surface area contributed by atoms with E-state index in [0.29, 0.717) is 0 Å². The summed E-state index contributed by atoms with van der Waals surface area (Å²) < 4.78 is 38.8. The third-order valence-corrected chi connectivity index (χ3v) is 2.34. The largest absolute Gasteiger partial charge is 0.497 e. The average molecular weight is 285 g/mol. The molecule has 0 saturated heterocycles. The lowest BCUT2D eigenvalue weighted by molar-refractivity contribution is -0.142. The van der Waals surface area contributed by atoms with E-state index in [1.54, 1.807) is 13.0 Å². The topological polar surface area (TPSA) is 68.5 Å². The molecule has 0 aliphatic carbocycles. The summed E-state index contributed by atoms with van der Waals surface area (Å²) in [5.74, 6) is -0.678. The molecule has 5 nitrogen and oxygen atoms in total. The van der Waals surface area contributed by atoms with Crippen molar-refractivity contribution in [1.82, 2.24) is 0 Å². The Kier molecular flexibility index (Phi) is 5.72. The van der Waals surface area contributed by atoms with E-state index in [2.05, 4.69) is 4.74 Å². The highest BCUT2D eigenvalue weighted by Gasteiger charge is 2.19. The number of benzene rings is 1. The smallest absolute Gasteiger partial charge is 0.387 e. The van der Waals surface area contributed by atoms with E-state index in [1.807, 2.05) is 0 Å². The number of alkyl halides is 2. The summed E-state index contributed by atoms with van der Waals surface area (Å²) in [4.78, 5) is 11.5. The zero-order chi connectivity index (χ0) is 15.1. The summed E-state index contributed by atoms with van der Waals surface area (Å²) >= 11 is 0. The van der Waals surface area contributed by atoms with Crippen LogP contribution in [-0.2, 0) is 16.0 Å². The second kappa shape index (κ2) is 7.28. The Bertz CT molecular complexity index is 526. The normalized spacial score (nSPS) is 10.0. The number of nitriles is 1. The minimum absolute atomic E-state index is 0.111. The maximum Gasteiger partial charge on any atom is 0.387 e. The average Bonchev–Trinajstić information content (AvgIpc) is 2.40. The Morgan fingerprint density at radius 2 is 2.15 bits per heavy atom. The molecule has 20 heavy (non-hydrogen) atoms. The molecule has 0 atom stereocenters. The molecule has 0 radical (unpaired) electrons. The lowest BCUT2D eigenvalue weighted by Crippen LogP contribution is -2.12. The number of hydrogen-bond acceptors (Lipinski definition) is 5. The van der Waals surface area contributed by atoms with Gasteiger partial charge in [0.2, 0.25) is 0 Å². The van der Waals surface area contributed by atoms with Crippen LogP contribution in [-0.4, -0.2) is 26.3 Å². The molecule has 7 heteroatoms. The van der Waals surface area contributed by atoms with Gasteiger partial charge in [-0.05, 0) is 13.0 Å². The molecular formula is C13H13F2NO4. The first kappa shape index (κ1) is 15.7. The summed E-state index contributed by atoms with van der Waals surface area (Å²) in [6.45, 7) is -1.31. The van der Waals surface area contributed by atoms with Gasteiger partial charge in [0.25, 0.3) is 0 Å². The molecule has 0 spiro atoms. The van der Waals surface area contributed by atoms with Gasteiger partial charge in [0.1, 0.15) is 17.6 Å². The first-order chi connectivity index (χ1) is 9.51. The van der Waals surface area contributed by atoms with Crippen LogP contribution < -0.4 is 9.47 Å². The second-order valence-corrected chi connectivity index (χ2v) is 3.64. The Balaban J connectivity index is 3.22. The maximum atomic E-state index is 12.4. The number of esters is 1. The van der Waals surface area contributed by atoms with Crippen molar-refractivity contribution in [2.24, 2.45) is 0 Å². The molecule has 0 aliphatic heterocycles. The van der Waals surface area contributed by atoms with E-state index in [1.165, 1.54) is 19.2 Å². The number of ether oxygens (including phenoxy) is 3. The highest BCUT2D eigenvalue weighted by molar-refractivity contribution is 5.74. The molecule has 108 valence electrons. The molecule has 0 N–H and O–H groups in total. The lowest BCUT2D eigenvalue weighted by Gasteiger charge is -2.13. The van der Waals surface area contributed by atoms with E-state index in [0.717, 1.165) is 0 Å². The Labute approximate surface area is 114 Å². The van der Waals surface area contributed by atoms with Crippen LogP contribution in [0, 0.1) is 11.3 Å². The van der Waals surface area contributed by atoms with Crippen LogP contribution in [0.2, 0.25) is 0 Å². The summed E-state index contributed by atoms with van der Waals surface area (Å²) in [6, 6.07) is 4.34. The lowest BCUT2D eigenvalue weighted by atomic mass is 10.1. The number of carbonyl (C=O) groups is 1. The van der Waals surface area contributed by atoms with Gasteiger partial charge in [-0.1, -0.05) is 0 Å². The molecule has 0 bridgehead atoms. The Morgan fingerprint density at radius 3 is 2.65 bits per heavy atom. The third kappa shape index (κ3) is 4.09. The molecule has 0 amide bonds. The van der Waals surface area contributed by atoms with Gasteiger partial charge in [0, 0.05) is 11.6 Å². The van der Waals surface area contributed by atoms with Crippen LogP contribution in [0.25, 0.3) is 0 Å². The second-order valence-electron chi connectivity index (χ2n) is 3.64. The fraction of sp³-hybridized carbons (Fsp3) is 0.385. The first-order valence-corrected chi connectivity index (χ1v) is 5.73. The van der Waals surface area contributed by atoms with Gasteiger partial charge in [0.05, 0.1) is 25.7 Å². The minimum atomic E-state index is -3.10. The zero-order valence-electron chi connectivity index (χ0n) is 11.0. The van der Waals surface area contributed by atoms with Crippen LogP contribution in [0.5, 0.6) is 11.5 Å². The summed E-state index contributed by atoms with van der Waals surface area (Å²) in [7, 11) is 1.36. The number of carbonyl (C=O) groups excluding carboxylic acids is 1. The molecular weight excluding hydrogens is 272 g/mol. The predicted octanol–water partition coefficient (Wildman–Crippen LogP) is 2.27. The van der Waals surface area contributed by atoms with Crippen molar-refractivity contribution in [1.29, 1.82) is 5.26 Å². The van der Waals surface area contributed by atoms with Gasteiger partial charge in [-0.15, -0.1) is 0 Å². The van der Waals surface area contributed by atoms with Crippen LogP contribution in [0.3, 0.4) is 0 Å². The number of rotatable bonds is 6. The number of halogens is 2. The van der Waals surface area contributed by atoms with E-state index < -0.39 is 12.6 Å². The van der Waals surface area contributed by atoms with Gasteiger partial charge < -0.3 is 14.2 Å². The molecule has 0 heterocycles. The number of nitrogens with zero attached hydrogens (tertiary/aromatic N) is 1. The molecule has 0 fully saturated rings. The van der Waals surface area contributed by atoms with Crippen LogP contribution in [0.15, 0.2) is 12.1 Å². The first-order valence-electron chi connectivity index (χ1n) is 5.73. The van der Waals surface area contributed by atoms with Crippen molar-refractivity contribution in [2.75, 3.05) is 13.7 Å². The maximum absolute atomic E-state index is 12.4. The number of methoxy groups -OCH3 is 1. The Morgan fingerprint density at radius 1 is 1.45 bits per heavy atom. The summed E-state index contributed by atoms with van der Waals surface area (Å²) in [5.41, 5.74) is -0.0244. The molecule has 0 aromatic heterocycles. The van der Waals surface area contributed by atoms with Gasteiger partial charge in [0.15, 0.2) is 0 Å². The highest BCUT2D eigenvalue weighted by Crippen LogP contribution is 2.31.